The van der Waals surface area contributed by atoms with Crippen molar-refractivity contribution in [2.24, 2.45) is 0 Å². The van der Waals surface area contributed by atoms with E-state index in [2.05, 4.69) is 11.6 Å². The lowest BCUT2D eigenvalue weighted by molar-refractivity contribution is 0.303. The number of rotatable bonds is 7. The minimum Gasteiger partial charge on any atom is -0.395 e. The molecule has 0 aliphatic rings. The summed E-state index contributed by atoms with van der Waals surface area (Å²) in [5.41, 5.74) is 5.80. The Morgan fingerprint density at radius 3 is 2.58 bits per heavy atom. The molecule has 0 aliphatic carbocycles. The second-order valence-corrected chi connectivity index (χ2v) is 5.76. The highest BCUT2D eigenvalue weighted by molar-refractivity contribution is 6.29. The zero-order valence-corrected chi connectivity index (χ0v) is 13.8. The Hall–Kier alpha value is -2.51. The van der Waals surface area contributed by atoms with Gasteiger partial charge in [-0.1, -0.05) is 48.5 Å². The van der Waals surface area contributed by atoms with Crippen molar-refractivity contribution in [2.75, 3.05) is 30.3 Å². The number of halogens is 1. The van der Waals surface area contributed by atoms with Crippen LogP contribution in [0.15, 0.2) is 51.5 Å². The van der Waals surface area contributed by atoms with Crippen LogP contribution in [0.3, 0.4) is 0 Å². The standard InChI is InChI=1S/C16H19ClN4O3/c1-11(17)9-20(7-8-22)13-14(18)21(16(24)19-15(13)23)10-12-5-3-2-4-6-12/h2-6,22H,1,7-10,18H2,(H,19,23,24). The number of anilines is 2. The van der Waals surface area contributed by atoms with Crippen molar-refractivity contribution in [1.29, 1.82) is 0 Å². The lowest BCUT2D eigenvalue weighted by Crippen LogP contribution is -2.40. The summed E-state index contributed by atoms with van der Waals surface area (Å²) in [6.07, 6.45) is 0. The van der Waals surface area contributed by atoms with E-state index in [4.69, 9.17) is 17.3 Å². The fourth-order valence-corrected chi connectivity index (χ4v) is 2.55. The molecular formula is C16H19ClN4O3. The van der Waals surface area contributed by atoms with Crippen LogP contribution in [0, 0.1) is 0 Å². The molecule has 0 amide bonds. The van der Waals surface area contributed by atoms with Crippen molar-refractivity contribution in [3.63, 3.8) is 0 Å². The van der Waals surface area contributed by atoms with Crippen LogP contribution in [-0.4, -0.2) is 34.4 Å². The topological polar surface area (TPSA) is 104 Å². The third-order valence-corrected chi connectivity index (χ3v) is 3.57. The van der Waals surface area contributed by atoms with Crippen molar-refractivity contribution < 1.29 is 5.11 Å². The highest BCUT2D eigenvalue weighted by atomic mass is 35.5. The molecule has 0 bridgehead atoms. The number of hydrogen-bond acceptors (Lipinski definition) is 5. The quantitative estimate of drug-likeness (QED) is 0.682. The summed E-state index contributed by atoms with van der Waals surface area (Å²) < 4.78 is 1.27. The Morgan fingerprint density at radius 2 is 2.00 bits per heavy atom. The number of aromatic amines is 1. The Labute approximate surface area is 143 Å². The Bertz CT molecular complexity index is 829. The highest BCUT2D eigenvalue weighted by Crippen LogP contribution is 2.19. The van der Waals surface area contributed by atoms with E-state index in [-0.39, 0.29) is 42.8 Å². The summed E-state index contributed by atoms with van der Waals surface area (Å²) in [6, 6.07) is 9.26. The lowest BCUT2D eigenvalue weighted by Gasteiger charge is -2.25. The van der Waals surface area contributed by atoms with Crippen LogP contribution < -0.4 is 21.9 Å². The molecule has 0 saturated heterocycles. The molecule has 1 heterocycles. The number of aliphatic hydroxyl groups excluding tert-OH is 1. The zero-order chi connectivity index (χ0) is 17.7. The van der Waals surface area contributed by atoms with E-state index in [1.54, 1.807) is 0 Å². The first-order valence-electron chi connectivity index (χ1n) is 7.29. The Kier molecular flexibility index (Phi) is 5.83. The van der Waals surface area contributed by atoms with Crippen LogP contribution in [0.1, 0.15) is 5.56 Å². The van der Waals surface area contributed by atoms with E-state index in [0.717, 1.165) is 5.56 Å². The van der Waals surface area contributed by atoms with Crippen LogP contribution >= 0.6 is 11.6 Å². The SMILES string of the molecule is C=C(Cl)CN(CCO)c1c(N)n(Cc2ccccc2)c(=O)[nH]c1=O. The lowest BCUT2D eigenvalue weighted by atomic mass is 10.2. The van der Waals surface area contributed by atoms with E-state index in [0.29, 0.717) is 0 Å². The fraction of sp³-hybridized carbons (Fsp3) is 0.250. The smallest absolute Gasteiger partial charge is 0.330 e. The number of nitrogens with one attached hydrogen (secondary N) is 1. The number of nitrogen functional groups attached to an aromatic ring is 1. The van der Waals surface area contributed by atoms with Crippen molar-refractivity contribution in [2.45, 2.75) is 6.54 Å². The molecule has 0 atom stereocenters. The minimum atomic E-state index is -0.631. The molecule has 1 aromatic carbocycles. The molecule has 2 aromatic rings. The van der Waals surface area contributed by atoms with Gasteiger partial charge < -0.3 is 15.7 Å². The molecule has 2 rings (SSSR count). The molecule has 0 aliphatic heterocycles. The number of aromatic nitrogens is 2. The molecular weight excluding hydrogens is 332 g/mol. The summed E-state index contributed by atoms with van der Waals surface area (Å²) in [6.45, 7) is 3.85. The first kappa shape index (κ1) is 17.8. The second-order valence-electron chi connectivity index (χ2n) is 5.23. The second kappa shape index (κ2) is 7.85. The largest absolute Gasteiger partial charge is 0.395 e. The molecule has 24 heavy (non-hydrogen) atoms. The highest BCUT2D eigenvalue weighted by Gasteiger charge is 2.19. The first-order chi connectivity index (χ1) is 11.4. The first-order valence-corrected chi connectivity index (χ1v) is 7.67. The summed E-state index contributed by atoms with van der Waals surface area (Å²) in [4.78, 5) is 28.1. The number of benzene rings is 1. The van der Waals surface area contributed by atoms with Crippen LogP contribution in [-0.2, 0) is 6.54 Å². The number of hydrogen-bond donors (Lipinski definition) is 3. The van der Waals surface area contributed by atoms with Gasteiger partial charge >= 0.3 is 5.69 Å². The van der Waals surface area contributed by atoms with Crippen LogP contribution in [0.2, 0.25) is 0 Å². The van der Waals surface area contributed by atoms with Gasteiger partial charge in [0.1, 0.15) is 11.5 Å². The van der Waals surface area contributed by atoms with Crippen LogP contribution in [0.4, 0.5) is 11.5 Å². The number of H-pyrrole nitrogens is 1. The molecule has 7 nitrogen and oxygen atoms in total. The molecule has 0 saturated carbocycles. The molecule has 1 aromatic heterocycles. The van der Waals surface area contributed by atoms with Crippen LogP contribution in [0.5, 0.6) is 0 Å². The van der Waals surface area contributed by atoms with Gasteiger partial charge in [0, 0.05) is 11.6 Å². The monoisotopic (exact) mass is 350 g/mol. The molecule has 0 fully saturated rings. The summed E-state index contributed by atoms with van der Waals surface area (Å²) in [5, 5.41) is 9.50. The number of nitrogens with two attached hydrogens (primary N) is 1. The molecule has 128 valence electrons. The van der Waals surface area contributed by atoms with Crippen molar-refractivity contribution >= 4 is 23.1 Å². The summed E-state index contributed by atoms with van der Waals surface area (Å²) in [5.74, 6) is 0.0129. The van der Waals surface area contributed by atoms with Crippen molar-refractivity contribution in [3.8, 4) is 0 Å². The van der Waals surface area contributed by atoms with Gasteiger partial charge in [-0.05, 0) is 5.56 Å². The van der Waals surface area contributed by atoms with Gasteiger partial charge in [-0.2, -0.15) is 0 Å². The summed E-state index contributed by atoms with van der Waals surface area (Å²) >= 11 is 5.82. The predicted octanol–water partition coefficient (Wildman–Crippen LogP) is 0.718. The number of aliphatic hydroxyl groups is 1. The molecule has 0 spiro atoms. The molecule has 0 radical (unpaired) electrons. The van der Waals surface area contributed by atoms with E-state index in [9.17, 15) is 14.7 Å². The van der Waals surface area contributed by atoms with Crippen LogP contribution in [0.25, 0.3) is 0 Å². The van der Waals surface area contributed by atoms with E-state index >= 15 is 0 Å². The average molecular weight is 351 g/mol. The Morgan fingerprint density at radius 1 is 1.33 bits per heavy atom. The van der Waals surface area contributed by atoms with Gasteiger partial charge in [0.25, 0.3) is 5.56 Å². The van der Waals surface area contributed by atoms with Crippen molar-refractivity contribution in [3.05, 3.63) is 68.3 Å². The minimum absolute atomic E-state index is 0.0129. The van der Waals surface area contributed by atoms with Gasteiger partial charge in [0.05, 0.1) is 19.7 Å². The average Bonchev–Trinajstić information content (AvgIpc) is 2.52. The molecule has 0 unspecified atom stereocenters. The van der Waals surface area contributed by atoms with Gasteiger partial charge in [0.15, 0.2) is 0 Å². The van der Waals surface area contributed by atoms with E-state index < -0.39 is 11.2 Å². The van der Waals surface area contributed by atoms with Gasteiger partial charge in [-0.3, -0.25) is 14.3 Å². The number of nitrogens with zero attached hydrogens (tertiary/aromatic N) is 2. The van der Waals surface area contributed by atoms with Crippen molar-refractivity contribution in [1.82, 2.24) is 9.55 Å². The molecule has 8 heteroatoms. The maximum absolute atomic E-state index is 12.2. The Balaban J connectivity index is 2.52. The van der Waals surface area contributed by atoms with Gasteiger partial charge in [-0.25, -0.2) is 4.79 Å². The zero-order valence-electron chi connectivity index (χ0n) is 13.0. The third kappa shape index (κ3) is 4.06. The molecule has 4 N–H and O–H groups in total. The van der Waals surface area contributed by atoms with Gasteiger partial charge in [0.2, 0.25) is 0 Å². The van der Waals surface area contributed by atoms with E-state index in [1.807, 2.05) is 30.3 Å². The maximum Gasteiger partial charge on any atom is 0.330 e. The van der Waals surface area contributed by atoms with Gasteiger partial charge in [-0.15, -0.1) is 0 Å². The maximum atomic E-state index is 12.2. The normalized spacial score (nSPS) is 10.6. The third-order valence-electron chi connectivity index (χ3n) is 3.45. The summed E-state index contributed by atoms with van der Waals surface area (Å²) in [7, 11) is 0. The predicted molar refractivity (Wildman–Crippen MR) is 95.6 cm³/mol. The fourth-order valence-electron chi connectivity index (χ4n) is 2.40. The van der Waals surface area contributed by atoms with E-state index in [1.165, 1.54) is 9.47 Å².